The summed E-state index contributed by atoms with van der Waals surface area (Å²) in [6.07, 6.45) is 1.49. The van der Waals surface area contributed by atoms with Gasteiger partial charge in [-0.15, -0.1) is 6.58 Å². The lowest BCUT2D eigenvalue weighted by Crippen LogP contribution is -2.35. The molecule has 0 N–H and O–H groups in total. The molecule has 1 saturated carbocycles. The Labute approximate surface area is 151 Å². The Morgan fingerprint density at radius 2 is 2.04 bits per heavy atom. The van der Waals surface area contributed by atoms with E-state index in [9.17, 15) is 4.79 Å². The molecule has 128 valence electrons. The number of Topliss-reactive ketones (excluding diaryl/α,β-unsaturated/α-hetero) is 1. The average molecular weight is 380 g/mol. The van der Waals surface area contributed by atoms with Crippen molar-refractivity contribution in [2.45, 2.75) is 55.9 Å². The molecule has 6 heteroatoms. The van der Waals surface area contributed by atoms with Crippen LogP contribution in [0.4, 0.5) is 0 Å². The van der Waals surface area contributed by atoms with E-state index >= 15 is 0 Å². The van der Waals surface area contributed by atoms with Crippen molar-refractivity contribution in [1.29, 1.82) is 0 Å². The Morgan fingerprint density at radius 1 is 1.39 bits per heavy atom. The van der Waals surface area contributed by atoms with Crippen LogP contribution in [-0.4, -0.2) is 28.1 Å². The molecular formula is C17H21Cl3O3. The number of hydrogen-bond acceptors (Lipinski definition) is 3. The molecule has 3 rings (SSSR count). The van der Waals surface area contributed by atoms with E-state index in [2.05, 4.69) is 20.4 Å². The molecule has 0 spiro atoms. The molecule has 1 heterocycles. The Balaban J connectivity index is 1.75. The summed E-state index contributed by atoms with van der Waals surface area (Å²) in [6, 6.07) is 0. The van der Waals surface area contributed by atoms with E-state index in [-0.39, 0.29) is 29.1 Å². The van der Waals surface area contributed by atoms with Crippen molar-refractivity contribution in [1.82, 2.24) is 0 Å². The molecule has 0 amide bonds. The first-order valence-electron chi connectivity index (χ1n) is 7.80. The van der Waals surface area contributed by atoms with Crippen LogP contribution >= 0.6 is 34.8 Å². The third kappa shape index (κ3) is 2.89. The summed E-state index contributed by atoms with van der Waals surface area (Å²) < 4.78 is 10.6. The second kappa shape index (κ2) is 5.74. The molecular weight excluding hydrogens is 359 g/mol. The molecule has 3 nitrogen and oxygen atoms in total. The number of rotatable bonds is 4. The fraction of sp³-hybridized carbons (Fsp3) is 0.706. The van der Waals surface area contributed by atoms with E-state index in [0.717, 1.165) is 11.1 Å². The van der Waals surface area contributed by atoms with Crippen molar-refractivity contribution in [3.63, 3.8) is 0 Å². The summed E-state index contributed by atoms with van der Waals surface area (Å²) in [5.41, 5.74) is 1.78. The second-order valence-electron chi connectivity index (χ2n) is 7.25. The lowest BCUT2D eigenvalue weighted by atomic mass is 10.0. The second-order valence-corrected chi connectivity index (χ2v) is 9.61. The maximum Gasteiger partial charge on any atom is 0.216 e. The normalized spacial score (nSPS) is 38.9. The van der Waals surface area contributed by atoms with Gasteiger partial charge >= 0.3 is 0 Å². The van der Waals surface area contributed by atoms with E-state index in [0.29, 0.717) is 12.8 Å². The number of alkyl halides is 3. The van der Waals surface area contributed by atoms with Gasteiger partial charge in [-0.25, -0.2) is 0 Å². The van der Waals surface area contributed by atoms with Crippen LogP contribution < -0.4 is 0 Å². The Kier molecular flexibility index (Phi) is 4.43. The van der Waals surface area contributed by atoms with E-state index in [1.165, 1.54) is 0 Å². The van der Waals surface area contributed by atoms with Crippen LogP contribution in [0, 0.1) is 17.3 Å². The highest BCUT2D eigenvalue weighted by atomic mass is 35.6. The van der Waals surface area contributed by atoms with Crippen molar-refractivity contribution in [2.75, 3.05) is 0 Å². The largest absolute Gasteiger partial charge is 0.344 e. The van der Waals surface area contributed by atoms with Crippen molar-refractivity contribution in [2.24, 2.45) is 17.3 Å². The number of ether oxygens (including phenoxy) is 2. The highest BCUT2D eigenvalue weighted by Crippen LogP contribution is 2.70. The van der Waals surface area contributed by atoms with Crippen molar-refractivity contribution in [3.05, 3.63) is 23.8 Å². The van der Waals surface area contributed by atoms with Crippen molar-refractivity contribution >= 4 is 40.6 Å². The van der Waals surface area contributed by atoms with E-state index in [1.807, 2.05) is 6.92 Å². The molecule has 1 aliphatic heterocycles. The first kappa shape index (κ1) is 17.8. The fourth-order valence-corrected chi connectivity index (χ4v) is 4.68. The van der Waals surface area contributed by atoms with Gasteiger partial charge in [0.15, 0.2) is 12.1 Å². The highest BCUT2D eigenvalue weighted by molar-refractivity contribution is 6.68. The van der Waals surface area contributed by atoms with Crippen LogP contribution in [0.15, 0.2) is 23.8 Å². The van der Waals surface area contributed by atoms with Crippen LogP contribution in [0.3, 0.4) is 0 Å². The quantitative estimate of drug-likeness (QED) is 0.529. The number of hydrogen-bond donors (Lipinski definition) is 0. The topological polar surface area (TPSA) is 35.5 Å². The Bertz CT molecular complexity index is 576. The molecule has 0 aromatic carbocycles. The van der Waals surface area contributed by atoms with Crippen LogP contribution in [0.2, 0.25) is 0 Å². The SMILES string of the molecule is C=CCC1=C(C)[C@H](O[C@@H]2O[C@@H](C(Cl)(Cl)Cl)[C@H]3[C@@H]2C3(C)C)CC1=O. The van der Waals surface area contributed by atoms with Gasteiger partial charge in [0.05, 0.1) is 6.10 Å². The van der Waals surface area contributed by atoms with E-state index < -0.39 is 16.2 Å². The molecule has 2 aliphatic carbocycles. The predicted molar refractivity (Wildman–Crippen MR) is 91.7 cm³/mol. The first-order chi connectivity index (χ1) is 10.6. The molecule has 0 aromatic rings. The third-order valence-corrected chi connectivity index (χ3v) is 6.18. The van der Waals surface area contributed by atoms with Gasteiger partial charge in [-0.05, 0) is 24.3 Å². The summed E-state index contributed by atoms with van der Waals surface area (Å²) in [5, 5.41) is 0. The van der Waals surface area contributed by atoms with Crippen LogP contribution in [0.25, 0.3) is 0 Å². The van der Waals surface area contributed by atoms with E-state index in [1.54, 1.807) is 6.08 Å². The molecule has 0 aromatic heterocycles. The standard InChI is InChI=1S/C17H21Cl3O3/c1-5-6-9-8(2)11(7-10(9)21)22-15-13-12(16(13,3)4)14(23-15)17(18,19)20/h5,11-15H,1,6-7H2,2-4H3/t11-,12-,13+,14-,15-/m1/s1. The summed E-state index contributed by atoms with van der Waals surface area (Å²) >= 11 is 18.2. The number of ketones is 1. The number of fused-ring (bicyclic) bond motifs is 1. The number of halogens is 3. The number of carbonyl (C=O) groups excluding carboxylic acids is 1. The minimum absolute atomic E-state index is 0.0156. The van der Waals surface area contributed by atoms with Gasteiger partial charge in [0.2, 0.25) is 3.79 Å². The van der Waals surface area contributed by atoms with E-state index in [4.69, 9.17) is 44.3 Å². The zero-order valence-corrected chi connectivity index (χ0v) is 15.7. The number of allylic oxidation sites excluding steroid dienone is 2. The van der Waals surface area contributed by atoms with Crippen LogP contribution in [0.5, 0.6) is 0 Å². The maximum atomic E-state index is 12.1. The highest BCUT2D eigenvalue weighted by Gasteiger charge is 2.73. The lowest BCUT2D eigenvalue weighted by Gasteiger charge is -2.29. The lowest BCUT2D eigenvalue weighted by molar-refractivity contribution is -0.181. The fourth-order valence-electron chi connectivity index (χ4n) is 4.12. The minimum atomic E-state index is -1.47. The van der Waals surface area contributed by atoms with Gasteiger partial charge < -0.3 is 9.47 Å². The Hall–Kier alpha value is -0.0600. The third-order valence-electron chi connectivity index (χ3n) is 5.53. The molecule has 0 radical (unpaired) electrons. The summed E-state index contributed by atoms with van der Waals surface area (Å²) in [4.78, 5) is 12.1. The van der Waals surface area contributed by atoms with Crippen LogP contribution in [-0.2, 0) is 14.3 Å². The molecule has 5 atom stereocenters. The van der Waals surface area contributed by atoms with Crippen molar-refractivity contribution in [3.8, 4) is 0 Å². The summed E-state index contributed by atoms with van der Waals surface area (Å²) in [5.74, 6) is 0.471. The molecule has 2 fully saturated rings. The molecule has 1 saturated heterocycles. The zero-order chi connectivity index (χ0) is 17.2. The molecule has 0 bridgehead atoms. The predicted octanol–water partition coefficient (Wildman–Crippen LogP) is 4.60. The van der Waals surface area contributed by atoms with Gasteiger partial charge in [0.1, 0.15) is 6.10 Å². The minimum Gasteiger partial charge on any atom is -0.344 e. The Morgan fingerprint density at radius 3 is 2.57 bits per heavy atom. The molecule has 0 unspecified atom stereocenters. The van der Waals surface area contributed by atoms with Crippen LogP contribution in [0.1, 0.15) is 33.6 Å². The smallest absolute Gasteiger partial charge is 0.216 e. The summed E-state index contributed by atoms with van der Waals surface area (Å²) in [7, 11) is 0. The molecule has 3 aliphatic rings. The van der Waals surface area contributed by atoms with Gasteiger partial charge in [-0.2, -0.15) is 0 Å². The van der Waals surface area contributed by atoms with Crippen molar-refractivity contribution < 1.29 is 14.3 Å². The maximum absolute atomic E-state index is 12.1. The van der Waals surface area contributed by atoms with Gasteiger partial charge in [0, 0.05) is 23.8 Å². The zero-order valence-electron chi connectivity index (χ0n) is 13.4. The van der Waals surface area contributed by atoms with Gasteiger partial charge in [0.25, 0.3) is 0 Å². The van der Waals surface area contributed by atoms with Gasteiger partial charge in [-0.3, -0.25) is 4.79 Å². The monoisotopic (exact) mass is 378 g/mol. The first-order valence-corrected chi connectivity index (χ1v) is 8.93. The number of carbonyl (C=O) groups is 1. The summed E-state index contributed by atoms with van der Waals surface area (Å²) in [6.45, 7) is 9.91. The molecule has 23 heavy (non-hydrogen) atoms. The average Bonchev–Trinajstić information content (AvgIpc) is 2.72. The van der Waals surface area contributed by atoms with Gasteiger partial charge in [-0.1, -0.05) is 54.7 Å².